The Morgan fingerprint density at radius 3 is 1.43 bits per heavy atom. The van der Waals surface area contributed by atoms with E-state index in [4.69, 9.17) is 34.6 Å². The van der Waals surface area contributed by atoms with Gasteiger partial charge >= 0.3 is 17.9 Å². The van der Waals surface area contributed by atoms with Crippen molar-refractivity contribution in [1.29, 1.82) is 0 Å². The maximum Gasteiger partial charge on any atom is 0.311 e. The first-order valence-corrected chi connectivity index (χ1v) is 35.3. The van der Waals surface area contributed by atoms with E-state index in [2.05, 4.69) is 101 Å². The predicted octanol–water partition coefficient (Wildman–Crippen LogP) is 8.88. The van der Waals surface area contributed by atoms with Crippen molar-refractivity contribution in [3.05, 3.63) is 118 Å². The molecule has 0 aliphatic heterocycles. The molecule has 0 aliphatic carbocycles. The minimum Gasteiger partial charge on any atom is -0.493 e. The molecular formula is C63H93N11O18S5. The number of aromatic amines is 4. The molecule has 0 aliphatic rings. The van der Waals surface area contributed by atoms with Crippen LogP contribution in [0.2, 0.25) is 0 Å². The van der Waals surface area contributed by atoms with Crippen molar-refractivity contribution >= 4 is 82.0 Å². The molecule has 1 aromatic carbocycles. The van der Waals surface area contributed by atoms with Crippen molar-refractivity contribution in [3.63, 3.8) is 0 Å². The van der Waals surface area contributed by atoms with Gasteiger partial charge in [-0.1, -0.05) is 133 Å². The Morgan fingerprint density at radius 2 is 0.979 bits per heavy atom. The van der Waals surface area contributed by atoms with E-state index in [1.807, 2.05) is 48.5 Å². The van der Waals surface area contributed by atoms with Crippen molar-refractivity contribution < 1.29 is 64.0 Å². The molecule has 0 saturated heterocycles. The zero-order valence-electron chi connectivity index (χ0n) is 57.3. The fraction of sp³-hybridized carbons (Fsp3) is 0.524. The molecule has 97 heavy (non-hydrogen) atoms. The topological polar surface area (TPSA) is 447 Å². The number of carbonyl (C=O) groups is 4. The third kappa shape index (κ3) is 36.4. The zero-order valence-corrected chi connectivity index (χ0v) is 61.4. The molecule has 1 amide bonds. The van der Waals surface area contributed by atoms with Crippen LogP contribution in [0, 0.1) is 16.2 Å². The molecule has 0 spiro atoms. The Labute approximate surface area is 583 Å². The lowest BCUT2D eigenvalue weighted by Crippen LogP contribution is -2.30. The molecule has 538 valence electrons. The monoisotopic (exact) mass is 1450 g/mol. The summed E-state index contributed by atoms with van der Waals surface area (Å²) in [5, 5.41) is 59.1. The Balaban J connectivity index is 0.000000594. The molecule has 0 bridgehead atoms. The van der Waals surface area contributed by atoms with Crippen LogP contribution in [0.25, 0.3) is 0 Å². The van der Waals surface area contributed by atoms with Gasteiger partial charge in [0.05, 0.1) is 59.2 Å². The van der Waals surface area contributed by atoms with Crippen LogP contribution >= 0.6 is 58.8 Å². The number of rotatable bonds is 26. The molecule has 0 radical (unpaired) electrons. The number of nitrogens with zero attached hydrogens (tertiary/aromatic N) is 6. The molecule has 3 atom stereocenters. The molecule has 6 aromatic rings. The summed E-state index contributed by atoms with van der Waals surface area (Å²) in [5.74, 6) is -0.378. The van der Waals surface area contributed by atoms with Gasteiger partial charge in [0.25, 0.3) is 33.0 Å². The highest BCUT2D eigenvalue weighted by atomic mass is 32.2. The van der Waals surface area contributed by atoms with Crippen molar-refractivity contribution in [1.82, 2.24) is 54.7 Å². The van der Waals surface area contributed by atoms with E-state index in [1.165, 1.54) is 51.8 Å². The smallest absolute Gasteiger partial charge is 0.311 e. The van der Waals surface area contributed by atoms with Gasteiger partial charge in [0, 0.05) is 35.6 Å². The van der Waals surface area contributed by atoms with E-state index in [0.29, 0.717) is 63.4 Å². The van der Waals surface area contributed by atoms with Crippen LogP contribution < -0.4 is 33.1 Å². The van der Waals surface area contributed by atoms with Gasteiger partial charge in [0.2, 0.25) is 29.4 Å². The largest absolute Gasteiger partial charge is 0.493 e. The van der Waals surface area contributed by atoms with Crippen LogP contribution in [0.3, 0.4) is 0 Å². The molecule has 0 fully saturated rings. The van der Waals surface area contributed by atoms with Gasteiger partial charge in [-0.3, -0.25) is 47.7 Å². The Kier molecular flexibility index (Phi) is 40.4. The summed E-state index contributed by atoms with van der Waals surface area (Å²) < 4.78 is 16.7. The number of thioether (sulfide) groups is 5. The fourth-order valence-electron chi connectivity index (χ4n) is 6.10. The second-order valence-corrected chi connectivity index (χ2v) is 28.3. The highest BCUT2D eigenvalue weighted by Crippen LogP contribution is 2.26. The third-order valence-electron chi connectivity index (χ3n) is 13.5. The van der Waals surface area contributed by atoms with Crippen LogP contribution in [-0.2, 0) is 35.6 Å². The first kappa shape index (κ1) is 87.2. The number of hydrogen-bond acceptors (Lipinski definition) is 28. The summed E-state index contributed by atoms with van der Waals surface area (Å²) in [6.45, 7) is 27.3. The molecule has 0 saturated carbocycles. The SMILES string of the molecule is CCC(C)(C)C(=O)OCC(O)CSc1nc(O)cc(=O)[nH]1.CCC(C)(C)C(=O)OCCNC(=O)Sc1nc(O)cc(=O)[nH]1.CCC(C)(C)C(=O)OCCSc1nc(O)cc(=O)[nH]1.CCC(C)Sc1nc(O)cc(=O)[nH]1.CCC(C)c1ccccc1.CCSc1nc(O)cc(=O)n1C. The summed E-state index contributed by atoms with van der Waals surface area (Å²) in [4.78, 5) is 130. The van der Waals surface area contributed by atoms with Crippen LogP contribution in [0.15, 0.2) is 110 Å². The number of benzene rings is 1. The molecule has 34 heteroatoms. The molecule has 29 nitrogen and oxygen atoms in total. The predicted molar refractivity (Wildman–Crippen MR) is 376 cm³/mol. The normalized spacial score (nSPS) is 11.8. The Morgan fingerprint density at radius 1 is 0.557 bits per heavy atom. The lowest BCUT2D eigenvalue weighted by atomic mass is 9.91. The lowest BCUT2D eigenvalue weighted by molar-refractivity contribution is -0.156. The second kappa shape index (κ2) is 44.9. The first-order chi connectivity index (χ1) is 45.4. The molecule has 3 unspecified atom stereocenters. The van der Waals surface area contributed by atoms with Gasteiger partial charge in [0.15, 0.2) is 25.8 Å². The number of aromatic nitrogens is 10. The quantitative estimate of drug-likeness (QED) is 0.00793. The van der Waals surface area contributed by atoms with Crippen LogP contribution in [0.5, 0.6) is 29.4 Å². The number of aliphatic hydroxyl groups excluding tert-OH is 1. The van der Waals surface area contributed by atoms with Crippen molar-refractivity contribution in [3.8, 4) is 29.4 Å². The molecule has 5 aromatic heterocycles. The van der Waals surface area contributed by atoms with Crippen LogP contribution in [0.4, 0.5) is 4.79 Å². The van der Waals surface area contributed by atoms with Gasteiger partial charge in [-0.15, -0.1) is 0 Å². The minimum absolute atomic E-state index is 0.0217. The van der Waals surface area contributed by atoms with Crippen molar-refractivity contribution in [2.45, 2.75) is 172 Å². The number of aromatic hydroxyl groups is 5. The van der Waals surface area contributed by atoms with E-state index < -0.39 is 50.1 Å². The molecular weight excluding hydrogens is 1360 g/mol. The fourth-order valence-corrected chi connectivity index (χ4v) is 9.76. The minimum atomic E-state index is -0.890. The van der Waals surface area contributed by atoms with E-state index in [-0.39, 0.29) is 95.0 Å². The highest BCUT2D eigenvalue weighted by molar-refractivity contribution is 8.13. The lowest BCUT2D eigenvalue weighted by Gasteiger charge is -2.21. The summed E-state index contributed by atoms with van der Waals surface area (Å²) in [6.07, 6.45) is 3.34. The highest BCUT2D eigenvalue weighted by Gasteiger charge is 2.29. The number of hydrogen-bond donors (Lipinski definition) is 11. The van der Waals surface area contributed by atoms with E-state index in [0.717, 1.165) is 54.3 Å². The Bertz CT molecular complexity index is 3700. The Hall–Kier alpha value is -7.79. The van der Waals surface area contributed by atoms with Crippen LogP contribution in [0.1, 0.15) is 141 Å². The maximum atomic E-state index is 11.7. The second-order valence-electron chi connectivity index (χ2n) is 22.6. The van der Waals surface area contributed by atoms with E-state index >= 15 is 0 Å². The van der Waals surface area contributed by atoms with Crippen molar-refractivity contribution in [2.24, 2.45) is 23.3 Å². The molecule has 11 N–H and O–H groups in total. The number of carbonyl (C=O) groups excluding carboxylic acids is 4. The van der Waals surface area contributed by atoms with E-state index in [1.54, 1.807) is 34.7 Å². The summed E-state index contributed by atoms with van der Waals surface area (Å²) in [6, 6.07) is 15.6. The maximum absolute atomic E-state index is 11.7. The number of ether oxygens (including phenoxy) is 3. The number of aliphatic hydroxyl groups is 1. The zero-order chi connectivity index (χ0) is 73.6. The number of esters is 3. The van der Waals surface area contributed by atoms with E-state index in [9.17, 15) is 53.4 Å². The van der Waals surface area contributed by atoms with Gasteiger partial charge in [-0.05, 0) is 90.9 Å². The van der Waals surface area contributed by atoms with Gasteiger partial charge in [-0.25, -0.2) is 0 Å². The summed E-state index contributed by atoms with van der Waals surface area (Å²) >= 11 is 5.75. The van der Waals surface area contributed by atoms with Crippen LogP contribution in [-0.4, -0.2) is 158 Å². The summed E-state index contributed by atoms with van der Waals surface area (Å²) in [5.41, 5.74) is -2.17. The molecule has 5 heterocycles. The average molecular weight is 1450 g/mol. The number of amides is 1. The van der Waals surface area contributed by atoms with Gasteiger partial charge < -0.3 is 70.1 Å². The standard InChI is InChI=1S/C13H19N3O5S.C13H20N2O5S.C12H18N2O4S.C10H14.C8H12N2O2S.C7H10N2O2S/c1-4-13(2,3)10(19)21-6-5-14-12(20)22-11-15-8(17)7-9(18)16-11;1-4-13(2,3)11(19)20-6-8(16)7-21-12-14-9(17)5-10(18)15-12;1-4-12(2,3)10(17)18-5-6-19-11-13-8(15)7-9(16)14-11;1-3-9(2)10-7-5-4-6-8-10;1-3-5(2)13-8-9-6(11)4-7(12)10-8;1-3-12-7-8-5(10)4-6(11)9(7)2/h7H,4-6H2,1-3H3,(H,14,20)(H2,15,16,17,18);5,8,16H,4,6-7H2,1-3H3,(H2,14,15,17,18);7H,4-6H2,1-3H3,(H2,13,14,15,16);4-9H,3H2,1-2H3;4-5H,3H2,1-2H3,(H2,9,10,11,12);4,10H,3H2,1-2H3. The average Bonchev–Trinajstić information content (AvgIpc) is 0.954. The first-order valence-electron chi connectivity index (χ1n) is 30.7. The summed E-state index contributed by atoms with van der Waals surface area (Å²) in [7, 11) is 1.63. The van der Waals surface area contributed by atoms with Gasteiger partial charge in [-0.2, -0.15) is 24.9 Å². The molecule has 6 rings (SSSR count). The van der Waals surface area contributed by atoms with Crippen molar-refractivity contribution in [2.75, 3.05) is 43.6 Å². The third-order valence-corrected chi connectivity index (χ3v) is 18.2. The van der Waals surface area contributed by atoms with Gasteiger partial charge in [0.1, 0.15) is 19.8 Å². The number of H-pyrrole nitrogens is 4. The number of nitrogens with one attached hydrogen (secondary N) is 5.